The molecule has 0 amide bonds. The molecule has 1 heterocycles. The molecular formula is C15H20N2O4. The van der Waals surface area contributed by atoms with Gasteiger partial charge in [-0.25, -0.2) is 0 Å². The standard InChI is InChI=1S/C15H20N2O4/c1-2-12-9-11(7-8-20-12)15(18)21-13-5-3-10(4-6-13)14(16)17-19/h3-6,11-12,19H,2,7-9H2,1H3,(H2,16,17). The van der Waals surface area contributed by atoms with Crippen LogP contribution in [0.4, 0.5) is 0 Å². The van der Waals surface area contributed by atoms with E-state index in [1.54, 1.807) is 24.3 Å². The van der Waals surface area contributed by atoms with Gasteiger partial charge in [-0.3, -0.25) is 4.79 Å². The molecule has 6 nitrogen and oxygen atoms in total. The molecular weight excluding hydrogens is 272 g/mol. The molecule has 21 heavy (non-hydrogen) atoms. The van der Waals surface area contributed by atoms with Crippen LogP contribution in [-0.2, 0) is 9.53 Å². The Morgan fingerprint density at radius 1 is 1.48 bits per heavy atom. The zero-order valence-corrected chi connectivity index (χ0v) is 12.0. The first-order valence-electron chi connectivity index (χ1n) is 7.05. The van der Waals surface area contributed by atoms with Crippen LogP contribution in [0.5, 0.6) is 5.75 Å². The van der Waals surface area contributed by atoms with Crippen molar-refractivity contribution in [3.8, 4) is 5.75 Å². The van der Waals surface area contributed by atoms with Gasteiger partial charge in [0, 0.05) is 12.2 Å². The number of amidine groups is 1. The van der Waals surface area contributed by atoms with E-state index < -0.39 is 0 Å². The average molecular weight is 292 g/mol. The number of ether oxygens (including phenoxy) is 2. The molecule has 2 rings (SSSR count). The van der Waals surface area contributed by atoms with E-state index in [1.807, 2.05) is 6.92 Å². The molecule has 1 aliphatic heterocycles. The topological polar surface area (TPSA) is 94.1 Å². The van der Waals surface area contributed by atoms with Crippen LogP contribution in [0.15, 0.2) is 29.4 Å². The minimum atomic E-state index is -0.228. The number of carbonyl (C=O) groups is 1. The van der Waals surface area contributed by atoms with Gasteiger partial charge >= 0.3 is 5.97 Å². The molecule has 1 fully saturated rings. The molecule has 0 spiro atoms. The van der Waals surface area contributed by atoms with Crippen molar-refractivity contribution in [3.63, 3.8) is 0 Å². The lowest BCUT2D eigenvalue weighted by atomic mass is 9.94. The number of hydrogen-bond acceptors (Lipinski definition) is 5. The second-order valence-electron chi connectivity index (χ2n) is 5.05. The van der Waals surface area contributed by atoms with Crippen molar-refractivity contribution in [2.24, 2.45) is 16.8 Å². The van der Waals surface area contributed by atoms with Crippen molar-refractivity contribution in [1.29, 1.82) is 0 Å². The smallest absolute Gasteiger partial charge is 0.314 e. The van der Waals surface area contributed by atoms with Crippen molar-refractivity contribution in [2.75, 3.05) is 6.61 Å². The average Bonchev–Trinajstić information content (AvgIpc) is 2.54. The molecule has 3 N–H and O–H groups in total. The van der Waals surface area contributed by atoms with Gasteiger partial charge in [0.25, 0.3) is 0 Å². The Balaban J connectivity index is 1.96. The van der Waals surface area contributed by atoms with Crippen molar-refractivity contribution >= 4 is 11.8 Å². The Morgan fingerprint density at radius 2 is 2.19 bits per heavy atom. The third-order valence-electron chi connectivity index (χ3n) is 3.63. The number of nitrogens with two attached hydrogens (primary N) is 1. The SMILES string of the molecule is CCC1CC(C(=O)Oc2ccc(C(N)=NO)cc2)CCO1. The first kappa shape index (κ1) is 15.3. The lowest BCUT2D eigenvalue weighted by Gasteiger charge is -2.27. The second kappa shape index (κ2) is 7.08. The van der Waals surface area contributed by atoms with Crippen LogP contribution < -0.4 is 10.5 Å². The van der Waals surface area contributed by atoms with Crippen molar-refractivity contribution in [2.45, 2.75) is 32.3 Å². The molecule has 1 saturated heterocycles. The van der Waals surface area contributed by atoms with Gasteiger partial charge in [-0.1, -0.05) is 12.1 Å². The summed E-state index contributed by atoms with van der Waals surface area (Å²) in [5.41, 5.74) is 6.04. The Hall–Kier alpha value is -2.08. The highest BCUT2D eigenvalue weighted by Crippen LogP contribution is 2.24. The van der Waals surface area contributed by atoms with E-state index in [1.165, 1.54) is 0 Å². The van der Waals surface area contributed by atoms with Crippen LogP contribution in [0.1, 0.15) is 31.7 Å². The van der Waals surface area contributed by atoms with E-state index in [9.17, 15) is 4.79 Å². The predicted molar refractivity (Wildman–Crippen MR) is 77.3 cm³/mol. The van der Waals surface area contributed by atoms with E-state index in [0.717, 1.165) is 6.42 Å². The molecule has 0 aliphatic carbocycles. The summed E-state index contributed by atoms with van der Waals surface area (Å²) in [7, 11) is 0. The first-order chi connectivity index (χ1) is 10.1. The minimum absolute atomic E-state index is 0.0168. The molecule has 2 atom stereocenters. The lowest BCUT2D eigenvalue weighted by molar-refractivity contribution is -0.144. The zero-order valence-electron chi connectivity index (χ0n) is 12.0. The number of oxime groups is 1. The third kappa shape index (κ3) is 3.95. The van der Waals surface area contributed by atoms with Gasteiger partial charge < -0.3 is 20.4 Å². The zero-order chi connectivity index (χ0) is 15.2. The maximum atomic E-state index is 12.1. The fourth-order valence-electron chi connectivity index (χ4n) is 2.33. The summed E-state index contributed by atoms with van der Waals surface area (Å²) >= 11 is 0. The maximum absolute atomic E-state index is 12.1. The van der Waals surface area contributed by atoms with E-state index in [-0.39, 0.29) is 23.8 Å². The van der Waals surface area contributed by atoms with Crippen LogP contribution in [0.2, 0.25) is 0 Å². The van der Waals surface area contributed by atoms with Gasteiger partial charge in [0.15, 0.2) is 5.84 Å². The van der Waals surface area contributed by atoms with Gasteiger partial charge in [-0.15, -0.1) is 0 Å². The van der Waals surface area contributed by atoms with Crippen molar-refractivity contribution in [3.05, 3.63) is 29.8 Å². The van der Waals surface area contributed by atoms with Gasteiger partial charge in [0.05, 0.1) is 12.0 Å². The highest BCUT2D eigenvalue weighted by molar-refractivity contribution is 5.97. The molecule has 1 aromatic rings. The van der Waals surface area contributed by atoms with Crippen LogP contribution in [0, 0.1) is 5.92 Å². The van der Waals surface area contributed by atoms with Crippen LogP contribution in [-0.4, -0.2) is 29.7 Å². The minimum Gasteiger partial charge on any atom is -0.426 e. The lowest BCUT2D eigenvalue weighted by Crippen LogP contribution is -2.32. The van der Waals surface area contributed by atoms with E-state index in [4.69, 9.17) is 20.4 Å². The fraction of sp³-hybridized carbons (Fsp3) is 0.467. The number of carbonyl (C=O) groups excluding carboxylic acids is 1. The molecule has 6 heteroatoms. The number of esters is 1. The summed E-state index contributed by atoms with van der Waals surface area (Å²) in [6.07, 6.45) is 2.44. The monoisotopic (exact) mass is 292 g/mol. The first-order valence-corrected chi connectivity index (χ1v) is 7.05. The Bertz CT molecular complexity index is 513. The van der Waals surface area contributed by atoms with Crippen molar-refractivity contribution in [1.82, 2.24) is 0 Å². The number of hydrogen-bond donors (Lipinski definition) is 2. The van der Waals surface area contributed by atoms with Gasteiger partial charge in [-0.05, 0) is 43.5 Å². The Kier molecular flexibility index (Phi) is 5.16. The summed E-state index contributed by atoms with van der Waals surface area (Å²) in [5.74, 6) is 0.123. The normalized spacial score (nSPS) is 22.8. The van der Waals surface area contributed by atoms with E-state index in [0.29, 0.717) is 30.8 Å². The quantitative estimate of drug-likeness (QED) is 0.221. The summed E-state index contributed by atoms with van der Waals surface area (Å²) in [4.78, 5) is 12.1. The Labute approximate surface area is 123 Å². The fourth-order valence-corrected chi connectivity index (χ4v) is 2.33. The summed E-state index contributed by atoms with van der Waals surface area (Å²) in [6, 6.07) is 6.52. The molecule has 2 unspecified atom stereocenters. The van der Waals surface area contributed by atoms with Gasteiger partial charge in [0.1, 0.15) is 5.75 Å². The summed E-state index contributed by atoms with van der Waals surface area (Å²) in [6.45, 7) is 2.64. The number of nitrogens with zero attached hydrogens (tertiary/aromatic N) is 1. The summed E-state index contributed by atoms with van der Waals surface area (Å²) < 4.78 is 10.9. The van der Waals surface area contributed by atoms with Crippen LogP contribution in [0.3, 0.4) is 0 Å². The maximum Gasteiger partial charge on any atom is 0.314 e. The highest BCUT2D eigenvalue weighted by atomic mass is 16.5. The van der Waals surface area contributed by atoms with E-state index in [2.05, 4.69) is 5.16 Å². The molecule has 0 aromatic heterocycles. The second-order valence-corrected chi connectivity index (χ2v) is 5.05. The van der Waals surface area contributed by atoms with Gasteiger partial charge in [0.2, 0.25) is 0 Å². The summed E-state index contributed by atoms with van der Waals surface area (Å²) in [5, 5.41) is 11.5. The Morgan fingerprint density at radius 3 is 2.81 bits per heavy atom. The number of benzene rings is 1. The molecule has 0 saturated carbocycles. The largest absolute Gasteiger partial charge is 0.426 e. The third-order valence-corrected chi connectivity index (χ3v) is 3.63. The predicted octanol–water partition coefficient (Wildman–Crippen LogP) is 1.89. The molecule has 0 radical (unpaired) electrons. The van der Waals surface area contributed by atoms with Gasteiger partial charge in [-0.2, -0.15) is 0 Å². The van der Waals surface area contributed by atoms with Crippen LogP contribution in [0.25, 0.3) is 0 Å². The molecule has 0 bridgehead atoms. The van der Waals surface area contributed by atoms with Crippen LogP contribution >= 0.6 is 0 Å². The van der Waals surface area contributed by atoms with Crippen molar-refractivity contribution < 1.29 is 19.5 Å². The molecule has 1 aliphatic rings. The number of rotatable bonds is 4. The van der Waals surface area contributed by atoms with E-state index >= 15 is 0 Å². The molecule has 114 valence electrons. The molecule has 1 aromatic carbocycles. The highest BCUT2D eigenvalue weighted by Gasteiger charge is 2.28.